The molecule has 0 spiro atoms. The van der Waals surface area contributed by atoms with Gasteiger partial charge in [-0.3, -0.25) is 0 Å². The van der Waals surface area contributed by atoms with E-state index in [4.69, 9.17) is 0 Å². The van der Waals surface area contributed by atoms with Crippen LogP contribution in [-0.2, 0) is 29.7 Å². The zero-order valence-electron chi connectivity index (χ0n) is 22.9. The maximum atomic E-state index is 2.67. The van der Waals surface area contributed by atoms with Crippen molar-refractivity contribution in [3.8, 4) is 0 Å². The SMILES string of the molecule is Cc1cc2ccccc2n1[C]1([Zr+2][C]2(n3c(C)cc4ccccc43)C=Cc3ccccc32)C=Cc2ccccc21.[Cl-].[Cl-]. The van der Waals surface area contributed by atoms with Crippen LogP contribution in [0.1, 0.15) is 33.6 Å². The molecule has 41 heavy (non-hydrogen) atoms. The monoisotopic (exact) mass is 648 g/mol. The van der Waals surface area contributed by atoms with Gasteiger partial charge in [-0.25, -0.2) is 0 Å². The Labute approximate surface area is 264 Å². The first-order valence-electron chi connectivity index (χ1n) is 13.6. The van der Waals surface area contributed by atoms with Crippen molar-refractivity contribution < 1.29 is 48.0 Å². The molecule has 4 aromatic carbocycles. The largest absolute Gasteiger partial charge is 1.00 e. The predicted molar refractivity (Wildman–Crippen MR) is 158 cm³/mol. The number of halogens is 2. The van der Waals surface area contributed by atoms with Crippen molar-refractivity contribution in [3.05, 3.63) is 155 Å². The molecule has 8 rings (SSSR count). The molecule has 0 aliphatic heterocycles. The number of hydrogen-bond donors (Lipinski definition) is 0. The fraction of sp³-hybridized carbons (Fsp3) is 0.111. The van der Waals surface area contributed by atoms with Gasteiger partial charge < -0.3 is 24.8 Å². The molecule has 0 fully saturated rings. The smallest absolute Gasteiger partial charge is 1.00 e. The van der Waals surface area contributed by atoms with Crippen LogP contribution in [0.3, 0.4) is 0 Å². The number of hydrogen-bond acceptors (Lipinski definition) is 0. The number of aryl methyl sites for hydroxylation is 2. The van der Waals surface area contributed by atoms with Gasteiger partial charge in [0, 0.05) is 0 Å². The van der Waals surface area contributed by atoms with Crippen LogP contribution < -0.4 is 24.8 Å². The quantitative estimate of drug-likeness (QED) is 0.278. The van der Waals surface area contributed by atoms with Crippen LogP contribution in [0.4, 0.5) is 0 Å². The van der Waals surface area contributed by atoms with Gasteiger partial charge in [0.15, 0.2) is 0 Å². The van der Waals surface area contributed by atoms with E-state index in [0.29, 0.717) is 0 Å². The van der Waals surface area contributed by atoms with E-state index < -0.39 is 23.2 Å². The average Bonchev–Trinajstić information content (AvgIpc) is 3.70. The summed E-state index contributed by atoms with van der Waals surface area (Å²) >= 11 is -1.50. The van der Waals surface area contributed by atoms with E-state index >= 15 is 0 Å². The van der Waals surface area contributed by atoms with Crippen molar-refractivity contribution in [2.24, 2.45) is 0 Å². The Morgan fingerprint density at radius 3 is 1.37 bits per heavy atom. The minimum absolute atomic E-state index is 0. The molecule has 6 aromatic rings. The molecule has 0 saturated carbocycles. The Morgan fingerprint density at radius 1 is 0.512 bits per heavy atom. The van der Waals surface area contributed by atoms with Crippen LogP contribution >= 0.6 is 0 Å². The summed E-state index contributed by atoms with van der Waals surface area (Å²) < 4.78 is 4.95. The van der Waals surface area contributed by atoms with Crippen molar-refractivity contribution in [3.63, 3.8) is 0 Å². The van der Waals surface area contributed by atoms with Crippen LogP contribution in [0.5, 0.6) is 0 Å². The zero-order chi connectivity index (χ0) is 26.2. The van der Waals surface area contributed by atoms with Gasteiger partial charge in [-0.1, -0.05) is 0 Å². The molecule has 0 saturated heterocycles. The van der Waals surface area contributed by atoms with E-state index in [9.17, 15) is 0 Å². The summed E-state index contributed by atoms with van der Waals surface area (Å²) in [6.45, 7) is 4.58. The second-order valence-corrected chi connectivity index (χ2v) is 15.2. The molecular formula is C36H28Cl2N2Zr. The molecule has 2 atom stereocenters. The Hall–Kier alpha value is -3.10. The maximum Gasteiger partial charge on any atom is -1.00 e. The van der Waals surface area contributed by atoms with Crippen LogP contribution in [0.25, 0.3) is 34.0 Å². The van der Waals surface area contributed by atoms with Crippen LogP contribution in [0.15, 0.2) is 121 Å². The van der Waals surface area contributed by atoms with Crippen molar-refractivity contribution >= 4 is 34.0 Å². The summed E-state index contributed by atoms with van der Waals surface area (Å²) in [6, 6.07) is 40.7. The summed E-state index contributed by atoms with van der Waals surface area (Å²) in [5, 5.41) is 2.62. The van der Waals surface area contributed by atoms with Crippen LogP contribution in [0.2, 0.25) is 0 Å². The number of rotatable bonds is 4. The predicted octanol–water partition coefficient (Wildman–Crippen LogP) is 2.46. The third-order valence-electron chi connectivity index (χ3n) is 8.63. The molecule has 2 aliphatic rings. The first-order chi connectivity index (χ1) is 19.1. The van der Waals surface area contributed by atoms with Gasteiger partial charge in [-0.15, -0.1) is 0 Å². The number of aromatic nitrogens is 2. The fourth-order valence-electron chi connectivity index (χ4n) is 7.11. The number of benzene rings is 4. The Morgan fingerprint density at radius 2 is 0.902 bits per heavy atom. The fourth-order valence-corrected chi connectivity index (χ4v) is 13.1. The van der Waals surface area contributed by atoms with Gasteiger partial charge >= 0.3 is 242 Å². The van der Waals surface area contributed by atoms with Crippen molar-refractivity contribution in [1.82, 2.24) is 9.13 Å². The number of allylic oxidation sites excluding steroid dienone is 2. The Balaban J connectivity index is 0.00000151. The van der Waals surface area contributed by atoms with E-state index in [0.717, 1.165) is 0 Å². The molecule has 2 aromatic heterocycles. The molecule has 2 unspecified atom stereocenters. The minimum atomic E-state index is -1.50. The van der Waals surface area contributed by atoms with E-state index in [-0.39, 0.29) is 31.3 Å². The summed E-state index contributed by atoms with van der Waals surface area (Å²) in [4.78, 5) is 0. The first kappa shape index (κ1) is 28.0. The molecule has 2 aliphatic carbocycles. The van der Waals surface area contributed by atoms with Gasteiger partial charge in [-0.2, -0.15) is 0 Å². The second-order valence-electron chi connectivity index (χ2n) is 10.9. The van der Waals surface area contributed by atoms with Gasteiger partial charge in [0.25, 0.3) is 0 Å². The van der Waals surface area contributed by atoms with Crippen LogP contribution in [-0.4, -0.2) is 9.13 Å². The maximum absolute atomic E-state index is 2.67. The minimum Gasteiger partial charge on any atom is -1.00 e. The van der Waals surface area contributed by atoms with Gasteiger partial charge in [-0.05, 0) is 0 Å². The van der Waals surface area contributed by atoms with Crippen molar-refractivity contribution in [1.29, 1.82) is 0 Å². The number of fused-ring (bicyclic) bond motifs is 4. The van der Waals surface area contributed by atoms with E-state index in [1.165, 1.54) is 55.4 Å². The average molecular weight is 651 g/mol. The molecular weight excluding hydrogens is 623 g/mol. The van der Waals surface area contributed by atoms with Gasteiger partial charge in [0.1, 0.15) is 0 Å². The molecule has 200 valence electrons. The zero-order valence-corrected chi connectivity index (χ0v) is 26.8. The first-order valence-corrected chi connectivity index (χ1v) is 16.1. The topological polar surface area (TPSA) is 9.86 Å². The molecule has 2 nitrogen and oxygen atoms in total. The summed E-state index contributed by atoms with van der Waals surface area (Å²) in [6.07, 6.45) is 9.84. The van der Waals surface area contributed by atoms with Crippen LogP contribution in [0, 0.1) is 13.8 Å². The van der Waals surface area contributed by atoms with E-state index in [2.05, 4.69) is 156 Å². The molecule has 0 bridgehead atoms. The third-order valence-corrected chi connectivity index (χ3v) is 13.7. The standard InChI is InChI=1S/2C18H14N.2ClH.Zr/c2*1-13-12-15-7-3-5-9-17(15)19(13)18-11-10-14-6-2-4-8-16(14)18;;;/h2*2-12H,1H3;2*1H;/q;;;;+2/p-2. The summed E-state index contributed by atoms with van der Waals surface area (Å²) in [5.41, 5.74) is 10.8. The normalized spacial score (nSPS) is 20.0. The second kappa shape index (κ2) is 10.3. The molecule has 0 amide bonds. The van der Waals surface area contributed by atoms with E-state index in [1.807, 2.05) is 0 Å². The number of nitrogens with zero attached hydrogens (tertiary/aromatic N) is 2. The van der Waals surface area contributed by atoms with Crippen molar-refractivity contribution in [2.45, 2.75) is 20.3 Å². The van der Waals surface area contributed by atoms with Crippen molar-refractivity contribution in [2.75, 3.05) is 0 Å². The molecule has 2 heterocycles. The summed E-state index contributed by atoms with van der Waals surface area (Å²) in [5.74, 6) is 0. The van der Waals surface area contributed by atoms with E-state index in [1.54, 1.807) is 0 Å². The molecule has 0 N–H and O–H groups in total. The Bertz CT molecular complexity index is 1850. The third kappa shape index (κ3) is 3.93. The molecule has 5 heteroatoms. The Kier molecular flexibility index (Phi) is 7.06. The van der Waals surface area contributed by atoms with Gasteiger partial charge in [0.05, 0.1) is 0 Å². The van der Waals surface area contributed by atoms with Gasteiger partial charge in [0.2, 0.25) is 0 Å². The molecule has 0 radical (unpaired) electrons. The summed E-state index contributed by atoms with van der Waals surface area (Å²) in [7, 11) is 0. The number of para-hydroxylation sites is 2.